The third kappa shape index (κ3) is 15.1. The number of aromatic amines is 1. The van der Waals surface area contributed by atoms with Crippen molar-refractivity contribution >= 4 is 91.6 Å². The molecule has 0 radical (unpaired) electrons. The summed E-state index contributed by atoms with van der Waals surface area (Å²) in [5.74, 6) is -0.636. The van der Waals surface area contributed by atoms with E-state index in [9.17, 15) is 19.2 Å². The molecule has 434 valence electrons. The van der Waals surface area contributed by atoms with Gasteiger partial charge in [0.25, 0.3) is 0 Å². The Balaban J connectivity index is 0.000000239. The molecule has 0 aliphatic rings. The van der Waals surface area contributed by atoms with Gasteiger partial charge in [0.2, 0.25) is 23.7 Å². The summed E-state index contributed by atoms with van der Waals surface area (Å²) in [6.45, 7) is 19.4. The SMILES string of the molecule is C=CC(=O)Nc1cc(Nc2ncc(C(=O)OC(C)C)c(-c3c[nH]c4ccccc34)n2)c(C)cc1N(C)CCN(C)C.C=CC(=O)Nc1cc(Nc2ncc(C(=O)OC(C)C)c(-c3cn(C)c4ccccc34)n2)c(OC)cc1N(C)CCNC. The summed E-state index contributed by atoms with van der Waals surface area (Å²) in [4.78, 5) is 78.6. The van der Waals surface area contributed by atoms with Gasteiger partial charge in [-0.05, 0) is 104 Å². The number of rotatable bonds is 23. The number of aryl methyl sites for hydroxylation is 2. The number of likely N-dealkylation sites (N-methyl/N-ethyl adjacent to an activating group) is 4. The molecule has 0 aliphatic carbocycles. The van der Waals surface area contributed by atoms with E-state index < -0.39 is 11.9 Å². The fourth-order valence-corrected chi connectivity index (χ4v) is 8.92. The molecule has 4 aromatic carbocycles. The van der Waals surface area contributed by atoms with E-state index in [-0.39, 0.29) is 41.1 Å². The smallest absolute Gasteiger partial charge is 0.342 e. The summed E-state index contributed by atoms with van der Waals surface area (Å²) in [6.07, 6.45) is 8.55. The third-order valence-electron chi connectivity index (χ3n) is 13.1. The molecular formula is C62H74N14O7. The van der Waals surface area contributed by atoms with Crippen LogP contribution in [0.15, 0.2) is 123 Å². The number of para-hydroxylation sites is 2. The summed E-state index contributed by atoms with van der Waals surface area (Å²) in [5.41, 5.74) is 9.78. The second kappa shape index (κ2) is 27.7. The van der Waals surface area contributed by atoms with E-state index in [2.05, 4.69) is 64.5 Å². The zero-order chi connectivity index (χ0) is 60.1. The highest BCUT2D eigenvalue weighted by Gasteiger charge is 2.25. The minimum Gasteiger partial charge on any atom is -0.494 e. The van der Waals surface area contributed by atoms with E-state index in [1.54, 1.807) is 40.9 Å². The summed E-state index contributed by atoms with van der Waals surface area (Å²) in [6, 6.07) is 23.1. The molecule has 0 atom stereocenters. The molecule has 0 aliphatic heterocycles. The van der Waals surface area contributed by atoms with Gasteiger partial charge in [-0.3, -0.25) is 9.59 Å². The van der Waals surface area contributed by atoms with Gasteiger partial charge in [-0.25, -0.2) is 29.5 Å². The molecule has 4 aromatic heterocycles. The predicted molar refractivity (Wildman–Crippen MR) is 332 cm³/mol. The van der Waals surface area contributed by atoms with Crippen molar-refractivity contribution in [2.45, 2.75) is 46.8 Å². The highest BCUT2D eigenvalue weighted by atomic mass is 16.5. The topological polar surface area (TPSA) is 238 Å². The van der Waals surface area contributed by atoms with Crippen molar-refractivity contribution in [2.75, 3.05) is 99.6 Å². The lowest BCUT2D eigenvalue weighted by molar-refractivity contribution is -0.112. The Kier molecular flexibility index (Phi) is 20.4. The molecule has 83 heavy (non-hydrogen) atoms. The number of nitrogens with zero attached hydrogens (tertiary/aromatic N) is 8. The average molecular weight is 1130 g/mol. The molecule has 21 nitrogen and oxygen atoms in total. The zero-order valence-electron chi connectivity index (χ0n) is 49.2. The molecule has 0 bridgehead atoms. The first kappa shape index (κ1) is 61.0. The lowest BCUT2D eigenvalue weighted by Crippen LogP contribution is -2.29. The maximum absolute atomic E-state index is 13.1. The van der Waals surface area contributed by atoms with Crippen LogP contribution in [0.5, 0.6) is 5.75 Å². The molecule has 0 unspecified atom stereocenters. The molecule has 8 rings (SSSR count). The van der Waals surface area contributed by atoms with Crippen molar-refractivity contribution < 1.29 is 33.4 Å². The van der Waals surface area contributed by atoms with Crippen LogP contribution in [0.3, 0.4) is 0 Å². The summed E-state index contributed by atoms with van der Waals surface area (Å²) in [5, 5.41) is 17.3. The van der Waals surface area contributed by atoms with Crippen LogP contribution in [0.4, 0.5) is 46.0 Å². The van der Waals surface area contributed by atoms with E-state index in [0.29, 0.717) is 52.4 Å². The number of anilines is 8. The van der Waals surface area contributed by atoms with Crippen LogP contribution < -0.4 is 41.1 Å². The number of fused-ring (bicyclic) bond motifs is 2. The Morgan fingerprint density at radius 1 is 0.687 bits per heavy atom. The van der Waals surface area contributed by atoms with Crippen LogP contribution in [-0.2, 0) is 26.1 Å². The minimum absolute atomic E-state index is 0.231. The second-order valence-corrected chi connectivity index (χ2v) is 20.4. The molecular weight excluding hydrogens is 1050 g/mol. The number of esters is 2. The van der Waals surface area contributed by atoms with Crippen molar-refractivity contribution in [1.82, 2.24) is 39.7 Å². The standard InChI is InChI=1S/C31H37N7O4.C31H37N7O3/c1-8-28(39)34-23-15-24(27(41-7)16-26(23)37(5)14-13-32-4)35-31-33-17-21(30(40)42-19(2)3)29(36-31)22-18-38(6)25-12-10-9-11-20(22)25;1-8-28(39)34-26-16-25(20(4)15-27(26)38(7)14-13-37(5)6)35-31-33-18-23(30(40)41-19(2)3)29(36-31)22-17-32-24-12-10-9-11-21(22)24/h8-12,15-19,32H,1,13-14H2,2-7H3,(H,34,39)(H,33,35,36);8-12,15-19,32H,1,13-14H2,2-7H3,(H,34,39)(H,33,35,36). The van der Waals surface area contributed by atoms with E-state index in [4.69, 9.17) is 24.2 Å². The van der Waals surface area contributed by atoms with Crippen LogP contribution in [0, 0.1) is 6.92 Å². The normalized spacial score (nSPS) is 11.0. The van der Waals surface area contributed by atoms with E-state index in [1.165, 1.54) is 24.5 Å². The first-order valence-corrected chi connectivity index (χ1v) is 27.0. The van der Waals surface area contributed by atoms with Gasteiger partial charge in [0.05, 0.1) is 59.1 Å². The number of amides is 2. The lowest BCUT2D eigenvalue weighted by Gasteiger charge is -2.25. The Morgan fingerprint density at radius 2 is 1.22 bits per heavy atom. The van der Waals surface area contributed by atoms with Gasteiger partial charge < -0.3 is 65.0 Å². The number of hydrogen-bond donors (Lipinski definition) is 6. The number of benzene rings is 4. The van der Waals surface area contributed by atoms with Crippen LogP contribution in [0.2, 0.25) is 0 Å². The predicted octanol–water partition coefficient (Wildman–Crippen LogP) is 10.1. The summed E-state index contributed by atoms with van der Waals surface area (Å²) < 4.78 is 18.7. The number of carbonyl (C=O) groups is 4. The third-order valence-corrected chi connectivity index (χ3v) is 13.1. The number of ether oxygens (including phenoxy) is 3. The monoisotopic (exact) mass is 1130 g/mol. The highest BCUT2D eigenvalue weighted by Crippen LogP contribution is 2.40. The molecule has 8 aromatic rings. The molecule has 0 saturated carbocycles. The number of carbonyl (C=O) groups excluding carboxylic acids is 4. The molecule has 0 saturated heterocycles. The van der Waals surface area contributed by atoms with E-state index in [1.807, 2.05) is 138 Å². The Hall–Kier alpha value is -9.60. The average Bonchev–Trinajstić information content (AvgIpc) is 3.46. The van der Waals surface area contributed by atoms with Crippen LogP contribution in [0.25, 0.3) is 44.3 Å². The lowest BCUT2D eigenvalue weighted by atomic mass is 10.1. The molecule has 0 spiro atoms. The maximum atomic E-state index is 13.1. The molecule has 6 N–H and O–H groups in total. The summed E-state index contributed by atoms with van der Waals surface area (Å²) >= 11 is 0. The highest BCUT2D eigenvalue weighted by molar-refractivity contribution is 6.06. The number of nitrogens with one attached hydrogen (secondary N) is 6. The van der Waals surface area contributed by atoms with Gasteiger partial charge in [0, 0.05) is 117 Å². The number of aromatic nitrogens is 6. The van der Waals surface area contributed by atoms with Gasteiger partial charge in [0.15, 0.2) is 0 Å². The fraction of sp³-hybridized carbons (Fsp3) is 0.290. The Morgan fingerprint density at radius 3 is 1.78 bits per heavy atom. The van der Waals surface area contributed by atoms with Crippen LogP contribution >= 0.6 is 0 Å². The zero-order valence-corrected chi connectivity index (χ0v) is 49.2. The number of methoxy groups -OCH3 is 1. The van der Waals surface area contributed by atoms with Crippen LogP contribution in [0.1, 0.15) is 54.0 Å². The second-order valence-electron chi connectivity index (χ2n) is 20.4. The van der Waals surface area contributed by atoms with Gasteiger partial charge in [-0.15, -0.1) is 0 Å². The molecule has 21 heteroatoms. The molecule has 0 fully saturated rings. The number of hydrogen-bond acceptors (Lipinski definition) is 17. The van der Waals surface area contributed by atoms with Crippen molar-refractivity contribution in [3.63, 3.8) is 0 Å². The van der Waals surface area contributed by atoms with Gasteiger partial charge in [-0.2, -0.15) is 0 Å². The minimum atomic E-state index is -0.513. The van der Waals surface area contributed by atoms with Crippen molar-refractivity contribution in [3.8, 4) is 28.3 Å². The van der Waals surface area contributed by atoms with Gasteiger partial charge in [-0.1, -0.05) is 49.6 Å². The van der Waals surface area contributed by atoms with E-state index >= 15 is 0 Å². The first-order valence-electron chi connectivity index (χ1n) is 27.0. The fourth-order valence-electron chi connectivity index (χ4n) is 8.92. The van der Waals surface area contributed by atoms with Crippen LogP contribution in [-0.4, -0.2) is 139 Å². The quantitative estimate of drug-likeness (QED) is 0.0258. The Labute approximate surface area is 484 Å². The van der Waals surface area contributed by atoms with E-state index in [0.717, 1.165) is 69.5 Å². The maximum Gasteiger partial charge on any atom is 0.342 e. The number of H-pyrrole nitrogens is 1. The van der Waals surface area contributed by atoms with Crippen molar-refractivity contribution in [2.24, 2.45) is 7.05 Å². The first-order chi connectivity index (χ1) is 39.7. The molecule has 4 heterocycles. The van der Waals surface area contributed by atoms with Crippen molar-refractivity contribution in [1.29, 1.82) is 0 Å². The van der Waals surface area contributed by atoms with Crippen molar-refractivity contribution in [3.05, 3.63) is 140 Å². The Bertz CT molecular complexity index is 3660. The largest absolute Gasteiger partial charge is 0.494 e. The van der Waals surface area contributed by atoms with Gasteiger partial charge >= 0.3 is 11.9 Å². The summed E-state index contributed by atoms with van der Waals surface area (Å²) in [7, 11) is 13.3. The molecule has 2 amide bonds. The van der Waals surface area contributed by atoms with Gasteiger partial charge in [0.1, 0.15) is 16.9 Å².